The van der Waals surface area contributed by atoms with Crippen LogP contribution in [-0.2, 0) is 5.41 Å². The fourth-order valence-electron chi connectivity index (χ4n) is 2.29. The minimum atomic E-state index is 0.0884. The average Bonchev–Trinajstić information content (AvgIpc) is 2.94. The Morgan fingerprint density at radius 1 is 1.19 bits per heavy atom. The van der Waals surface area contributed by atoms with E-state index < -0.39 is 0 Å². The molecule has 0 atom stereocenters. The van der Waals surface area contributed by atoms with Crippen LogP contribution in [0, 0.1) is 5.41 Å². The van der Waals surface area contributed by atoms with Gasteiger partial charge in [-0.3, -0.25) is 4.98 Å². The summed E-state index contributed by atoms with van der Waals surface area (Å²) in [7, 11) is 0. The van der Waals surface area contributed by atoms with E-state index in [0.717, 1.165) is 11.5 Å². The third kappa shape index (κ3) is 1.58. The van der Waals surface area contributed by atoms with Crippen molar-refractivity contribution in [2.45, 2.75) is 39.0 Å². The first-order valence-corrected chi connectivity index (χ1v) is 6.06. The molecule has 16 heavy (non-hydrogen) atoms. The van der Waals surface area contributed by atoms with Crippen molar-refractivity contribution in [1.29, 1.82) is 0 Å². The van der Waals surface area contributed by atoms with E-state index in [2.05, 4.69) is 30.7 Å². The lowest BCUT2D eigenvalue weighted by molar-refractivity contribution is 0.383. The Bertz CT molecular complexity index is 407. The minimum absolute atomic E-state index is 0.0884. The van der Waals surface area contributed by atoms with Crippen LogP contribution in [0.1, 0.15) is 39.3 Å². The minimum Gasteiger partial charge on any atom is -0.354 e. The third-order valence-electron chi connectivity index (χ3n) is 3.72. The Labute approximate surface area is 96.9 Å². The molecule has 0 radical (unpaired) electrons. The van der Waals surface area contributed by atoms with Crippen LogP contribution in [0.5, 0.6) is 0 Å². The predicted molar refractivity (Wildman–Crippen MR) is 64.6 cm³/mol. The van der Waals surface area contributed by atoms with E-state index in [1.165, 1.54) is 25.9 Å². The molecule has 0 amide bonds. The molecule has 0 bridgehead atoms. The van der Waals surface area contributed by atoms with Crippen molar-refractivity contribution >= 4 is 5.82 Å². The maximum Gasteiger partial charge on any atom is 0.147 e. The lowest BCUT2D eigenvalue weighted by Crippen LogP contribution is -2.49. The lowest BCUT2D eigenvalue weighted by Gasteiger charge is -2.41. The molecule has 1 saturated carbocycles. The summed E-state index contributed by atoms with van der Waals surface area (Å²) in [5, 5.41) is 0. The topological polar surface area (TPSA) is 29.0 Å². The SMILES string of the molecule is CC(C)(C)c1cncc(N2CC3(CC3)C2)n1. The Hall–Kier alpha value is -1.12. The highest BCUT2D eigenvalue weighted by Crippen LogP contribution is 2.53. The van der Waals surface area contributed by atoms with E-state index in [-0.39, 0.29) is 5.41 Å². The standard InChI is InChI=1S/C13H19N3/c1-12(2,3)10-6-14-7-11(15-10)16-8-13(9-16)4-5-13/h6-7H,4-5,8-9H2,1-3H3. The molecule has 2 fully saturated rings. The average molecular weight is 217 g/mol. The van der Waals surface area contributed by atoms with Gasteiger partial charge in [-0.05, 0) is 12.8 Å². The van der Waals surface area contributed by atoms with Gasteiger partial charge >= 0.3 is 0 Å². The molecule has 3 nitrogen and oxygen atoms in total. The summed E-state index contributed by atoms with van der Waals surface area (Å²) in [4.78, 5) is 11.4. The highest BCUT2D eigenvalue weighted by molar-refractivity contribution is 5.43. The van der Waals surface area contributed by atoms with E-state index in [0.29, 0.717) is 5.41 Å². The fraction of sp³-hybridized carbons (Fsp3) is 0.692. The van der Waals surface area contributed by atoms with Crippen LogP contribution in [0.15, 0.2) is 12.4 Å². The van der Waals surface area contributed by atoms with Gasteiger partial charge in [-0.15, -0.1) is 0 Å². The number of rotatable bonds is 1. The number of nitrogens with zero attached hydrogens (tertiary/aromatic N) is 3. The van der Waals surface area contributed by atoms with Gasteiger partial charge in [-0.2, -0.15) is 0 Å². The van der Waals surface area contributed by atoms with Crippen molar-refractivity contribution < 1.29 is 0 Å². The first kappa shape index (κ1) is 10.1. The van der Waals surface area contributed by atoms with Crippen LogP contribution >= 0.6 is 0 Å². The Morgan fingerprint density at radius 2 is 1.88 bits per heavy atom. The molecular formula is C13H19N3. The second-order valence-electron chi connectivity index (χ2n) is 6.37. The van der Waals surface area contributed by atoms with Crippen molar-refractivity contribution in [1.82, 2.24) is 9.97 Å². The van der Waals surface area contributed by atoms with Gasteiger partial charge in [0.05, 0.1) is 11.9 Å². The van der Waals surface area contributed by atoms with Crippen LogP contribution < -0.4 is 4.90 Å². The second kappa shape index (κ2) is 2.96. The van der Waals surface area contributed by atoms with Crippen LogP contribution in [0.2, 0.25) is 0 Å². The maximum absolute atomic E-state index is 4.72. The smallest absolute Gasteiger partial charge is 0.147 e. The van der Waals surface area contributed by atoms with Crippen molar-refractivity contribution in [3.63, 3.8) is 0 Å². The van der Waals surface area contributed by atoms with Gasteiger partial charge in [0.1, 0.15) is 5.82 Å². The fourth-order valence-corrected chi connectivity index (χ4v) is 2.29. The summed E-state index contributed by atoms with van der Waals surface area (Å²) >= 11 is 0. The van der Waals surface area contributed by atoms with E-state index in [4.69, 9.17) is 4.98 Å². The third-order valence-corrected chi connectivity index (χ3v) is 3.72. The van der Waals surface area contributed by atoms with Crippen LogP contribution in [-0.4, -0.2) is 23.1 Å². The quantitative estimate of drug-likeness (QED) is 0.723. The molecule has 3 rings (SSSR count). The summed E-state index contributed by atoms with van der Waals surface area (Å²) in [5.74, 6) is 1.06. The molecule has 1 aliphatic heterocycles. The first-order chi connectivity index (χ1) is 7.49. The molecule has 1 aromatic heterocycles. The van der Waals surface area contributed by atoms with Crippen molar-refractivity contribution in [3.05, 3.63) is 18.1 Å². The molecule has 2 heterocycles. The molecule has 86 valence electrons. The number of anilines is 1. The van der Waals surface area contributed by atoms with Gasteiger partial charge in [0.2, 0.25) is 0 Å². The van der Waals surface area contributed by atoms with Gasteiger partial charge in [-0.25, -0.2) is 4.98 Å². The molecule has 0 aromatic carbocycles. The second-order valence-corrected chi connectivity index (χ2v) is 6.37. The Kier molecular flexibility index (Phi) is 1.86. The summed E-state index contributed by atoms with van der Waals surface area (Å²) in [6, 6.07) is 0. The Balaban J connectivity index is 1.80. The highest BCUT2D eigenvalue weighted by Gasteiger charge is 2.52. The van der Waals surface area contributed by atoms with Gasteiger partial charge in [0, 0.05) is 30.1 Å². The van der Waals surface area contributed by atoms with Gasteiger partial charge in [-0.1, -0.05) is 20.8 Å². The molecule has 0 N–H and O–H groups in total. The zero-order valence-corrected chi connectivity index (χ0v) is 10.3. The van der Waals surface area contributed by atoms with Crippen LogP contribution in [0.25, 0.3) is 0 Å². The summed E-state index contributed by atoms with van der Waals surface area (Å²) < 4.78 is 0. The van der Waals surface area contributed by atoms with E-state index in [1.54, 1.807) is 0 Å². The molecule has 1 spiro atoms. The Morgan fingerprint density at radius 3 is 2.44 bits per heavy atom. The monoisotopic (exact) mass is 217 g/mol. The first-order valence-electron chi connectivity index (χ1n) is 6.06. The maximum atomic E-state index is 4.72. The van der Waals surface area contributed by atoms with Crippen molar-refractivity contribution in [3.8, 4) is 0 Å². The normalized spacial score (nSPS) is 22.1. The van der Waals surface area contributed by atoms with Crippen molar-refractivity contribution in [2.75, 3.05) is 18.0 Å². The largest absolute Gasteiger partial charge is 0.354 e. The van der Waals surface area contributed by atoms with Gasteiger partial charge < -0.3 is 4.90 Å². The van der Waals surface area contributed by atoms with E-state index >= 15 is 0 Å². The molecular weight excluding hydrogens is 198 g/mol. The van der Waals surface area contributed by atoms with Gasteiger partial charge in [0.25, 0.3) is 0 Å². The van der Waals surface area contributed by atoms with E-state index in [1.807, 2.05) is 12.4 Å². The highest BCUT2D eigenvalue weighted by atomic mass is 15.3. The molecule has 1 saturated heterocycles. The van der Waals surface area contributed by atoms with Crippen molar-refractivity contribution in [2.24, 2.45) is 5.41 Å². The number of hydrogen-bond acceptors (Lipinski definition) is 3. The molecule has 1 aromatic rings. The van der Waals surface area contributed by atoms with E-state index in [9.17, 15) is 0 Å². The molecule has 0 unspecified atom stereocenters. The number of hydrogen-bond donors (Lipinski definition) is 0. The zero-order chi connectivity index (χ0) is 11.4. The van der Waals surface area contributed by atoms with Gasteiger partial charge in [0.15, 0.2) is 0 Å². The van der Waals surface area contributed by atoms with Crippen LogP contribution in [0.4, 0.5) is 5.82 Å². The predicted octanol–water partition coefficient (Wildman–Crippen LogP) is 2.37. The number of aromatic nitrogens is 2. The summed E-state index contributed by atoms with van der Waals surface area (Å²) in [6.45, 7) is 8.92. The van der Waals surface area contributed by atoms with Crippen LogP contribution in [0.3, 0.4) is 0 Å². The molecule has 2 aliphatic rings. The summed E-state index contributed by atoms with van der Waals surface area (Å²) in [6.07, 6.45) is 6.60. The summed E-state index contributed by atoms with van der Waals surface area (Å²) in [5.41, 5.74) is 1.85. The zero-order valence-electron chi connectivity index (χ0n) is 10.3. The lowest BCUT2D eigenvalue weighted by atomic mass is 9.92. The molecule has 3 heteroatoms. The molecule has 1 aliphatic carbocycles.